The molecule has 1 amide bonds. The van der Waals surface area contributed by atoms with E-state index in [0.29, 0.717) is 11.9 Å². The van der Waals surface area contributed by atoms with E-state index in [2.05, 4.69) is 16.5 Å². The molecule has 21 heavy (non-hydrogen) atoms. The summed E-state index contributed by atoms with van der Waals surface area (Å²) >= 11 is 0. The summed E-state index contributed by atoms with van der Waals surface area (Å²) in [5.74, 6) is -0.614. The van der Waals surface area contributed by atoms with Gasteiger partial charge in [0.25, 0.3) is 5.91 Å². The van der Waals surface area contributed by atoms with Crippen molar-refractivity contribution in [3.8, 4) is 0 Å². The molecule has 1 aliphatic carbocycles. The van der Waals surface area contributed by atoms with Gasteiger partial charge in [-0.25, -0.2) is 4.39 Å². The maximum Gasteiger partial charge on any atom is 0.272 e. The van der Waals surface area contributed by atoms with Crippen LogP contribution in [-0.4, -0.2) is 22.2 Å². The second-order valence-corrected chi connectivity index (χ2v) is 5.42. The molecule has 0 saturated heterocycles. The number of fused-ring (bicyclic) bond motifs is 1. The predicted molar refractivity (Wildman–Crippen MR) is 79.6 cm³/mol. The first-order chi connectivity index (χ1) is 10.1. The van der Waals surface area contributed by atoms with Gasteiger partial charge in [-0.15, -0.1) is 0 Å². The topological polar surface area (TPSA) is 46.9 Å². The fourth-order valence-electron chi connectivity index (χ4n) is 2.75. The summed E-state index contributed by atoms with van der Waals surface area (Å²) in [6.45, 7) is 0.548. The van der Waals surface area contributed by atoms with E-state index in [1.807, 2.05) is 0 Å². The summed E-state index contributed by atoms with van der Waals surface area (Å²) in [4.78, 5) is 12.3. The van der Waals surface area contributed by atoms with Gasteiger partial charge in [0.1, 0.15) is 5.82 Å². The quantitative estimate of drug-likeness (QED) is 0.882. The van der Waals surface area contributed by atoms with Crippen molar-refractivity contribution in [2.24, 2.45) is 7.05 Å². The van der Waals surface area contributed by atoms with Gasteiger partial charge in [0, 0.05) is 19.0 Å². The number of allylic oxidation sites excluding steroid dienone is 1. The number of carbonyl (C=O) groups excluding carboxylic acids is 1. The number of nitrogens with zero attached hydrogens (tertiary/aromatic N) is 2. The number of carbonyl (C=O) groups is 1. The second-order valence-electron chi connectivity index (χ2n) is 5.42. The monoisotopic (exact) mass is 287 g/mol. The standard InChI is InChI=1S/C16H18FN3O/c1-20-14-8-7-12(17)9-13(14)15(19-20)16(21)18-10-11-5-3-2-4-6-11/h5,7-9H,2-4,6,10H2,1H3,(H,18,21). The van der Waals surface area contributed by atoms with Crippen LogP contribution in [0.4, 0.5) is 4.39 Å². The van der Waals surface area contributed by atoms with Crippen LogP contribution < -0.4 is 5.32 Å². The number of hydrogen-bond acceptors (Lipinski definition) is 2. The molecule has 2 aromatic rings. The molecule has 0 fully saturated rings. The summed E-state index contributed by atoms with van der Waals surface area (Å²) < 4.78 is 15.0. The summed E-state index contributed by atoms with van der Waals surface area (Å²) in [6, 6.07) is 4.37. The fourth-order valence-corrected chi connectivity index (χ4v) is 2.75. The average Bonchev–Trinajstić information content (AvgIpc) is 2.82. The van der Waals surface area contributed by atoms with Gasteiger partial charge in [0.2, 0.25) is 0 Å². The second kappa shape index (κ2) is 5.68. The number of rotatable bonds is 3. The normalized spacial score (nSPS) is 15.0. The Morgan fingerprint density at radius 2 is 2.29 bits per heavy atom. The highest BCUT2D eigenvalue weighted by Crippen LogP contribution is 2.20. The van der Waals surface area contributed by atoms with Crippen molar-refractivity contribution in [2.75, 3.05) is 6.54 Å². The first-order valence-corrected chi connectivity index (χ1v) is 7.23. The number of benzene rings is 1. The van der Waals surface area contributed by atoms with Gasteiger partial charge in [-0.1, -0.05) is 11.6 Å². The SMILES string of the molecule is Cn1nc(C(=O)NCC2=CCCCC2)c2cc(F)ccc21. The highest BCUT2D eigenvalue weighted by atomic mass is 19.1. The molecule has 1 aromatic carbocycles. The van der Waals surface area contributed by atoms with Gasteiger partial charge in [0.05, 0.1) is 5.52 Å². The fraction of sp³-hybridized carbons (Fsp3) is 0.375. The van der Waals surface area contributed by atoms with Crippen LogP contribution in [0.15, 0.2) is 29.8 Å². The van der Waals surface area contributed by atoms with E-state index in [0.717, 1.165) is 18.4 Å². The summed E-state index contributed by atoms with van der Waals surface area (Å²) in [5.41, 5.74) is 2.29. The Kier molecular flexibility index (Phi) is 3.73. The Morgan fingerprint density at radius 1 is 1.43 bits per heavy atom. The molecule has 1 heterocycles. The minimum atomic E-state index is -0.362. The molecular formula is C16H18FN3O. The third-order valence-corrected chi connectivity index (χ3v) is 3.89. The average molecular weight is 287 g/mol. The molecule has 110 valence electrons. The number of aromatic nitrogens is 2. The van der Waals surface area contributed by atoms with E-state index in [1.54, 1.807) is 17.8 Å². The zero-order chi connectivity index (χ0) is 14.8. The molecule has 0 radical (unpaired) electrons. The molecule has 1 N–H and O–H groups in total. The van der Waals surface area contributed by atoms with E-state index in [-0.39, 0.29) is 17.4 Å². The van der Waals surface area contributed by atoms with Crippen LogP contribution >= 0.6 is 0 Å². The lowest BCUT2D eigenvalue weighted by atomic mass is 10.00. The van der Waals surface area contributed by atoms with Crippen LogP contribution in [-0.2, 0) is 7.05 Å². The summed E-state index contributed by atoms with van der Waals surface area (Å²) in [5, 5.41) is 7.65. The van der Waals surface area contributed by atoms with Crippen molar-refractivity contribution < 1.29 is 9.18 Å². The summed E-state index contributed by atoms with van der Waals surface area (Å²) in [7, 11) is 1.75. The van der Waals surface area contributed by atoms with Crippen LogP contribution in [0.3, 0.4) is 0 Å². The molecule has 0 atom stereocenters. The molecular weight excluding hydrogens is 269 g/mol. The summed E-state index contributed by atoms with van der Waals surface area (Å²) in [6.07, 6.45) is 6.72. The molecule has 0 spiro atoms. The molecule has 0 saturated carbocycles. The molecule has 1 aliphatic rings. The van der Waals surface area contributed by atoms with Crippen LogP contribution in [0.5, 0.6) is 0 Å². The lowest BCUT2D eigenvalue weighted by Crippen LogP contribution is -2.26. The number of hydrogen-bond donors (Lipinski definition) is 1. The van der Waals surface area contributed by atoms with Gasteiger partial charge >= 0.3 is 0 Å². The Morgan fingerprint density at radius 3 is 3.05 bits per heavy atom. The van der Waals surface area contributed by atoms with E-state index in [9.17, 15) is 9.18 Å². The Bertz CT molecular complexity index is 718. The van der Waals surface area contributed by atoms with Crippen LogP contribution in [0.1, 0.15) is 36.2 Å². The van der Waals surface area contributed by atoms with Gasteiger partial charge in [-0.05, 0) is 43.9 Å². The molecule has 5 heteroatoms. The smallest absolute Gasteiger partial charge is 0.272 e. The number of amides is 1. The number of halogens is 1. The van der Waals surface area contributed by atoms with Crippen molar-refractivity contribution in [1.82, 2.24) is 15.1 Å². The third kappa shape index (κ3) is 2.82. The molecule has 3 rings (SSSR count). The van der Waals surface area contributed by atoms with Gasteiger partial charge in [-0.3, -0.25) is 9.48 Å². The van der Waals surface area contributed by atoms with Gasteiger partial charge in [0.15, 0.2) is 5.69 Å². The first-order valence-electron chi connectivity index (χ1n) is 7.23. The zero-order valence-electron chi connectivity index (χ0n) is 12.0. The van der Waals surface area contributed by atoms with Crippen LogP contribution in [0.25, 0.3) is 10.9 Å². The van der Waals surface area contributed by atoms with Gasteiger partial charge in [-0.2, -0.15) is 5.10 Å². The minimum Gasteiger partial charge on any atom is -0.347 e. The maximum absolute atomic E-state index is 13.4. The largest absolute Gasteiger partial charge is 0.347 e. The Hall–Kier alpha value is -2.17. The lowest BCUT2D eigenvalue weighted by Gasteiger charge is -2.12. The van der Waals surface area contributed by atoms with Crippen LogP contribution in [0.2, 0.25) is 0 Å². The lowest BCUT2D eigenvalue weighted by molar-refractivity contribution is 0.0952. The third-order valence-electron chi connectivity index (χ3n) is 3.89. The van der Waals surface area contributed by atoms with E-state index in [4.69, 9.17) is 0 Å². The van der Waals surface area contributed by atoms with Crippen LogP contribution in [0, 0.1) is 5.82 Å². The molecule has 4 nitrogen and oxygen atoms in total. The molecule has 0 aliphatic heterocycles. The number of nitrogens with one attached hydrogen (secondary N) is 1. The van der Waals surface area contributed by atoms with E-state index < -0.39 is 0 Å². The highest BCUT2D eigenvalue weighted by Gasteiger charge is 2.17. The highest BCUT2D eigenvalue weighted by molar-refractivity contribution is 6.04. The maximum atomic E-state index is 13.4. The molecule has 0 unspecified atom stereocenters. The van der Waals surface area contributed by atoms with Crippen molar-refractivity contribution in [3.05, 3.63) is 41.4 Å². The minimum absolute atomic E-state index is 0.252. The van der Waals surface area contributed by atoms with Gasteiger partial charge < -0.3 is 5.32 Å². The van der Waals surface area contributed by atoms with Crippen molar-refractivity contribution in [3.63, 3.8) is 0 Å². The Labute approximate surface area is 122 Å². The predicted octanol–water partition coefficient (Wildman–Crippen LogP) is 2.94. The molecule has 1 aromatic heterocycles. The van der Waals surface area contributed by atoms with E-state index >= 15 is 0 Å². The zero-order valence-corrected chi connectivity index (χ0v) is 12.0. The Balaban J connectivity index is 1.81. The van der Waals surface area contributed by atoms with Crippen molar-refractivity contribution >= 4 is 16.8 Å². The molecule has 0 bridgehead atoms. The van der Waals surface area contributed by atoms with E-state index in [1.165, 1.54) is 30.5 Å². The first kappa shape index (κ1) is 13.8. The van der Waals surface area contributed by atoms with Crippen molar-refractivity contribution in [1.29, 1.82) is 0 Å². The van der Waals surface area contributed by atoms with Crippen molar-refractivity contribution in [2.45, 2.75) is 25.7 Å². The number of aryl methyl sites for hydroxylation is 1.